The normalized spacial score (nSPS) is 11.0. The van der Waals surface area contributed by atoms with Gasteiger partial charge in [-0.25, -0.2) is 4.98 Å². The largest absolute Gasteiger partial charge is 0.355 e. The summed E-state index contributed by atoms with van der Waals surface area (Å²) in [5.74, 6) is 1.47. The third kappa shape index (κ3) is 3.11. The van der Waals surface area contributed by atoms with Crippen molar-refractivity contribution in [3.05, 3.63) is 35.9 Å². The molecule has 0 radical (unpaired) electrons. The summed E-state index contributed by atoms with van der Waals surface area (Å²) in [7, 11) is 0. The fourth-order valence-corrected chi connectivity index (χ4v) is 2.36. The van der Waals surface area contributed by atoms with E-state index in [1.54, 1.807) is 0 Å². The van der Waals surface area contributed by atoms with Crippen molar-refractivity contribution in [2.24, 2.45) is 0 Å². The van der Waals surface area contributed by atoms with Crippen LogP contribution in [0.15, 0.2) is 24.3 Å². The van der Waals surface area contributed by atoms with Crippen LogP contribution in [0.25, 0.3) is 11.0 Å². The summed E-state index contributed by atoms with van der Waals surface area (Å²) < 4.78 is 1.92. The summed E-state index contributed by atoms with van der Waals surface area (Å²) in [5, 5.41) is 16.5. The van der Waals surface area contributed by atoms with Gasteiger partial charge in [-0.2, -0.15) is 5.21 Å². The highest BCUT2D eigenvalue weighted by molar-refractivity contribution is 5.81. The summed E-state index contributed by atoms with van der Waals surface area (Å²) >= 11 is 0. The summed E-state index contributed by atoms with van der Waals surface area (Å²) in [5.41, 5.74) is 1.88. The first-order valence-electron chi connectivity index (χ1n) is 7.15. The van der Waals surface area contributed by atoms with E-state index in [0.29, 0.717) is 18.8 Å². The van der Waals surface area contributed by atoms with Crippen LogP contribution >= 0.6 is 0 Å². The molecule has 0 spiro atoms. The number of aryl methyl sites for hydroxylation is 2. The minimum Gasteiger partial charge on any atom is -0.355 e. The molecule has 22 heavy (non-hydrogen) atoms. The van der Waals surface area contributed by atoms with Crippen LogP contribution in [0.2, 0.25) is 0 Å². The number of nitrogens with zero attached hydrogens (tertiary/aromatic N) is 5. The van der Waals surface area contributed by atoms with Crippen molar-refractivity contribution in [3.63, 3.8) is 0 Å². The van der Waals surface area contributed by atoms with Crippen molar-refractivity contribution < 1.29 is 4.79 Å². The molecule has 2 aromatic heterocycles. The van der Waals surface area contributed by atoms with E-state index in [0.717, 1.165) is 23.3 Å². The van der Waals surface area contributed by atoms with Gasteiger partial charge in [-0.1, -0.05) is 17.3 Å². The molecular formula is C14H17N7O. The number of carbonyl (C=O) groups excluding carboxylic acids is 1. The van der Waals surface area contributed by atoms with E-state index in [9.17, 15) is 4.79 Å². The first-order chi connectivity index (χ1) is 10.7. The number of aromatic nitrogens is 6. The Morgan fingerprint density at radius 2 is 2.23 bits per heavy atom. The van der Waals surface area contributed by atoms with Gasteiger partial charge in [-0.3, -0.25) is 4.79 Å². The van der Waals surface area contributed by atoms with E-state index in [-0.39, 0.29) is 12.5 Å². The Morgan fingerprint density at radius 1 is 1.36 bits per heavy atom. The third-order valence-electron chi connectivity index (χ3n) is 3.44. The van der Waals surface area contributed by atoms with Gasteiger partial charge in [0.25, 0.3) is 0 Å². The lowest BCUT2D eigenvalue weighted by atomic mass is 10.3. The zero-order valence-corrected chi connectivity index (χ0v) is 12.3. The number of para-hydroxylation sites is 2. The number of H-pyrrole nitrogens is 1. The van der Waals surface area contributed by atoms with E-state index < -0.39 is 0 Å². The molecule has 8 heteroatoms. The molecule has 0 aliphatic rings. The lowest BCUT2D eigenvalue weighted by Crippen LogP contribution is -2.29. The average Bonchev–Trinajstić information content (AvgIpc) is 3.13. The fraction of sp³-hybridized carbons (Fsp3) is 0.357. The van der Waals surface area contributed by atoms with Gasteiger partial charge in [0.1, 0.15) is 12.4 Å². The van der Waals surface area contributed by atoms with E-state index in [2.05, 4.69) is 30.9 Å². The van der Waals surface area contributed by atoms with Crippen LogP contribution in [0.3, 0.4) is 0 Å². The molecule has 0 saturated heterocycles. The van der Waals surface area contributed by atoms with Gasteiger partial charge in [0, 0.05) is 13.0 Å². The standard InChI is InChI=1S/C14H17N7O/c1-10-16-11-5-2-3-6-12(11)21(10)9-14(22)15-8-4-7-13-17-19-20-18-13/h2-3,5-6H,4,7-9H2,1H3,(H,15,22)(H,17,18,19,20). The molecule has 0 aliphatic heterocycles. The number of imidazole rings is 1. The van der Waals surface area contributed by atoms with Crippen LogP contribution in [0.1, 0.15) is 18.1 Å². The second-order valence-corrected chi connectivity index (χ2v) is 5.02. The second-order valence-electron chi connectivity index (χ2n) is 5.02. The Bertz CT molecular complexity index is 763. The van der Waals surface area contributed by atoms with Crippen LogP contribution in [0.4, 0.5) is 0 Å². The van der Waals surface area contributed by atoms with Crippen LogP contribution in [0, 0.1) is 6.92 Å². The Morgan fingerprint density at radius 3 is 3.05 bits per heavy atom. The van der Waals surface area contributed by atoms with Crippen molar-refractivity contribution in [1.82, 2.24) is 35.5 Å². The molecule has 0 fully saturated rings. The fourth-order valence-electron chi connectivity index (χ4n) is 2.36. The minimum absolute atomic E-state index is 0.0284. The summed E-state index contributed by atoms with van der Waals surface area (Å²) in [6.45, 7) is 2.76. The maximum Gasteiger partial charge on any atom is 0.240 e. The smallest absolute Gasteiger partial charge is 0.240 e. The number of amides is 1. The number of hydrogen-bond acceptors (Lipinski definition) is 5. The van der Waals surface area contributed by atoms with Crippen molar-refractivity contribution in [2.45, 2.75) is 26.3 Å². The topological polar surface area (TPSA) is 101 Å². The molecular weight excluding hydrogens is 282 g/mol. The molecule has 3 rings (SSSR count). The lowest BCUT2D eigenvalue weighted by Gasteiger charge is -2.07. The SMILES string of the molecule is Cc1nc2ccccc2n1CC(=O)NCCCc1nn[nH]n1. The first kappa shape index (κ1) is 14.2. The minimum atomic E-state index is -0.0284. The Balaban J connectivity index is 1.53. The maximum absolute atomic E-state index is 12.1. The van der Waals surface area contributed by atoms with Gasteiger partial charge in [-0.05, 0) is 25.5 Å². The van der Waals surface area contributed by atoms with Crippen molar-refractivity contribution in [3.8, 4) is 0 Å². The zero-order chi connectivity index (χ0) is 15.4. The highest BCUT2D eigenvalue weighted by Gasteiger charge is 2.10. The van der Waals surface area contributed by atoms with Crippen LogP contribution in [-0.2, 0) is 17.8 Å². The molecule has 0 saturated carbocycles. The third-order valence-corrected chi connectivity index (χ3v) is 3.44. The van der Waals surface area contributed by atoms with E-state index in [1.807, 2.05) is 35.8 Å². The summed E-state index contributed by atoms with van der Waals surface area (Å²) in [4.78, 5) is 16.5. The van der Waals surface area contributed by atoms with Gasteiger partial charge in [0.15, 0.2) is 5.82 Å². The van der Waals surface area contributed by atoms with Gasteiger partial charge in [0.05, 0.1) is 11.0 Å². The summed E-state index contributed by atoms with van der Waals surface area (Å²) in [6.07, 6.45) is 1.46. The molecule has 8 nitrogen and oxygen atoms in total. The van der Waals surface area contributed by atoms with E-state index in [1.165, 1.54) is 0 Å². The van der Waals surface area contributed by atoms with Crippen molar-refractivity contribution in [1.29, 1.82) is 0 Å². The average molecular weight is 299 g/mol. The zero-order valence-electron chi connectivity index (χ0n) is 12.3. The number of nitrogens with one attached hydrogen (secondary N) is 2. The van der Waals surface area contributed by atoms with E-state index >= 15 is 0 Å². The molecule has 0 aliphatic carbocycles. The van der Waals surface area contributed by atoms with Crippen LogP contribution in [0.5, 0.6) is 0 Å². The maximum atomic E-state index is 12.1. The van der Waals surface area contributed by atoms with Crippen LogP contribution < -0.4 is 5.32 Å². The molecule has 0 unspecified atom stereocenters. The highest BCUT2D eigenvalue weighted by Crippen LogP contribution is 2.14. The molecule has 0 bridgehead atoms. The first-order valence-corrected chi connectivity index (χ1v) is 7.15. The molecule has 1 aromatic carbocycles. The molecule has 0 atom stereocenters. The molecule has 114 valence electrons. The molecule has 1 amide bonds. The number of tetrazole rings is 1. The lowest BCUT2D eigenvalue weighted by molar-refractivity contribution is -0.121. The summed E-state index contributed by atoms with van der Waals surface area (Å²) in [6, 6.07) is 7.81. The molecule has 3 aromatic rings. The quantitative estimate of drug-likeness (QED) is 0.649. The van der Waals surface area contributed by atoms with Crippen molar-refractivity contribution in [2.75, 3.05) is 6.54 Å². The van der Waals surface area contributed by atoms with Gasteiger partial charge >= 0.3 is 0 Å². The Kier molecular flexibility index (Phi) is 4.08. The number of aromatic amines is 1. The molecule has 2 heterocycles. The Hall–Kier alpha value is -2.77. The predicted molar refractivity (Wildman–Crippen MR) is 80.0 cm³/mol. The highest BCUT2D eigenvalue weighted by atomic mass is 16.1. The number of benzene rings is 1. The van der Waals surface area contributed by atoms with E-state index in [4.69, 9.17) is 0 Å². The van der Waals surface area contributed by atoms with Gasteiger partial charge in [0.2, 0.25) is 5.91 Å². The van der Waals surface area contributed by atoms with Gasteiger partial charge < -0.3 is 9.88 Å². The number of fused-ring (bicyclic) bond motifs is 1. The second kappa shape index (κ2) is 6.33. The number of rotatable bonds is 6. The predicted octanol–water partition coefficient (Wildman–Crippen LogP) is 0.607. The number of carbonyl (C=O) groups is 1. The van der Waals surface area contributed by atoms with Crippen LogP contribution in [-0.4, -0.2) is 42.6 Å². The number of hydrogen-bond donors (Lipinski definition) is 2. The van der Waals surface area contributed by atoms with Crippen molar-refractivity contribution >= 4 is 16.9 Å². The Labute approximate surface area is 126 Å². The molecule has 2 N–H and O–H groups in total. The monoisotopic (exact) mass is 299 g/mol. The van der Waals surface area contributed by atoms with Gasteiger partial charge in [-0.15, -0.1) is 10.2 Å².